The predicted molar refractivity (Wildman–Crippen MR) is 104 cm³/mol. The maximum Gasteiger partial charge on any atom is 0.177 e. The van der Waals surface area contributed by atoms with E-state index in [1.54, 1.807) is 12.1 Å². The molecule has 0 atom stereocenters. The molecule has 1 aliphatic rings. The van der Waals surface area contributed by atoms with Gasteiger partial charge >= 0.3 is 0 Å². The molecule has 4 heteroatoms. The minimum absolute atomic E-state index is 0.137. The van der Waals surface area contributed by atoms with Gasteiger partial charge in [-0.25, -0.2) is 4.39 Å². The van der Waals surface area contributed by atoms with Gasteiger partial charge in [0.15, 0.2) is 6.71 Å². The lowest BCUT2D eigenvalue weighted by atomic mass is 9.42. The Morgan fingerprint density at radius 2 is 1.68 bits per heavy atom. The van der Waals surface area contributed by atoms with Gasteiger partial charge in [0.05, 0.1) is 0 Å². The lowest BCUT2D eigenvalue weighted by molar-refractivity contribution is 0.177. The Kier molecular flexibility index (Phi) is 4.58. The van der Waals surface area contributed by atoms with E-state index in [2.05, 4.69) is 50.2 Å². The zero-order chi connectivity index (χ0) is 16.8. The summed E-state index contributed by atoms with van der Waals surface area (Å²) in [6.07, 6.45) is 4.23. The predicted octanol–water partition coefficient (Wildman–Crippen LogP) is 3.90. The molecule has 1 saturated heterocycles. The van der Waals surface area contributed by atoms with Crippen molar-refractivity contribution in [2.45, 2.75) is 46.9 Å². The van der Waals surface area contributed by atoms with Crippen molar-refractivity contribution in [3.8, 4) is 0 Å². The standard InChI is InChI=1S/C18H29BFNS/c1-17(2)12-19(13-18(17,3)4)15-8-14(9-16(20)10-15)11-21-22(5,6)7/h8-10,21H,5-6,11-13H2,1-4,7H3. The number of hydrogen-bond acceptors (Lipinski definition) is 1. The molecule has 1 heterocycles. The average Bonchev–Trinajstić information content (AvgIpc) is 2.55. The molecule has 1 aromatic rings. The molecule has 0 unspecified atom stereocenters. The molecule has 1 aromatic carbocycles. The third kappa shape index (κ3) is 3.96. The van der Waals surface area contributed by atoms with E-state index < -0.39 is 9.39 Å². The molecule has 0 bridgehead atoms. The summed E-state index contributed by atoms with van der Waals surface area (Å²) in [4.78, 5) is 0. The molecular weight excluding hydrogens is 292 g/mol. The highest BCUT2D eigenvalue weighted by Crippen LogP contribution is 2.52. The van der Waals surface area contributed by atoms with Crippen molar-refractivity contribution in [1.82, 2.24) is 4.72 Å². The molecular formula is C18H29BFNS. The summed E-state index contributed by atoms with van der Waals surface area (Å²) in [5, 5.41) is 0. The second kappa shape index (κ2) is 5.72. The first kappa shape index (κ1) is 17.6. The summed E-state index contributed by atoms with van der Waals surface area (Å²) >= 11 is 0. The van der Waals surface area contributed by atoms with Crippen LogP contribution in [0, 0.1) is 16.6 Å². The van der Waals surface area contributed by atoms with Crippen LogP contribution >= 0.6 is 9.39 Å². The first-order chi connectivity index (χ1) is 9.90. The Balaban J connectivity index is 2.24. The highest BCUT2D eigenvalue weighted by molar-refractivity contribution is 8.25. The van der Waals surface area contributed by atoms with Gasteiger partial charge in [0.1, 0.15) is 5.82 Å². The minimum atomic E-state index is -1.28. The van der Waals surface area contributed by atoms with Gasteiger partial charge in [0.25, 0.3) is 0 Å². The average molecular weight is 321 g/mol. The molecule has 2 rings (SSSR count). The molecule has 0 radical (unpaired) electrons. The van der Waals surface area contributed by atoms with Gasteiger partial charge in [-0.15, -0.1) is 0 Å². The second-order valence-electron chi connectivity index (χ2n) is 8.36. The summed E-state index contributed by atoms with van der Waals surface area (Å²) in [5.41, 5.74) is 2.70. The van der Waals surface area contributed by atoms with E-state index in [4.69, 9.17) is 0 Å². The van der Waals surface area contributed by atoms with Crippen LogP contribution in [-0.4, -0.2) is 24.7 Å². The van der Waals surface area contributed by atoms with Crippen molar-refractivity contribution in [3.63, 3.8) is 0 Å². The summed E-state index contributed by atoms with van der Waals surface area (Å²) in [6.45, 7) is 10.4. The molecule has 1 fully saturated rings. The zero-order valence-corrected chi connectivity index (χ0v) is 15.4. The number of nitrogens with one attached hydrogen (secondary N) is 1. The maximum atomic E-state index is 14.0. The number of hydrogen-bond donors (Lipinski definition) is 1. The molecule has 22 heavy (non-hydrogen) atoms. The van der Waals surface area contributed by atoms with Crippen molar-refractivity contribution in [2.24, 2.45) is 10.8 Å². The van der Waals surface area contributed by atoms with E-state index in [0.29, 0.717) is 13.3 Å². The van der Waals surface area contributed by atoms with Crippen LogP contribution in [0.25, 0.3) is 0 Å². The molecule has 1 aliphatic heterocycles. The molecule has 1 N–H and O–H groups in total. The molecule has 0 saturated carbocycles. The van der Waals surface area contributed by atoms with Crippen LogP contribution in [0.5, 0.6) is 0 Å². The van der Waals surface area contributed by atoms with Gasteiger partial charge in [-0.1, -0.05) is 63.6 Å². The maximum absolute atomic E-state index is 14.0. The summed E-state index contributed by atoms with van der Waals surface area (Å²) in [5.74, 6) is 7.89. The number of halogens is 1. The number of rotatable bonds is 4. The third-order valence-corrected chi connectivity index (χ3v) is 6.26. The number of benzene rings is 1. The van der Waals surface area contributed by atoms with Crippen molar-refractivity contribution in [3.05, 3.63) is 29.6 Å². The lowest BCUT2D eigenvalue weighted by Gasteiger charge is -2.35. The topological polar surface area (TPSA) is 12.0 Å². The first-order valence-electron chi connectivity index (χ1n) is 7.88. The first-order valence-corrected chi connectivity index (χ1v) is 10.3. The Labute approximate surface area is 136 Å². The van der Waals surface area contributed by atoms with Gasteiger partial charge in [-0.05, 0) is 34.8 Å². The Bertz CT molecular complexity index is 646. The fraction of sp³-hybridized carbons (Fsp3) is 0.556. The second-order valence-corrected chi connectivity index (χ2v) is 11.2. The van der Waals surface area contributed by atoms with Crippen LogP contribution < -0.4 is 10.2 Å². The van der Waals surface area contributed by atoms with Crippen molar-refractivity contribution < 1.29 is 4.39 Å². The van der Waals surface area contributed by atoms with Gasteiger partial charge in [-0.2, -0.15) is 9.39 Å². The highest BCUT2D eigenvalue weighted by Gasteiger charge is 2.48. The van der Waals surface area contributed by atoms with Crippen molar-refractivity contribution >= 4 is 33.3 Å². The van der Waals surface area contributed by atoms with Crippen LogP contribution in [0.1, 0.15) is 33.3 Å². The normalized spacial score (nSPS) is 20.4. The Hall–Kier alpha value is -0.735. The van der Waals surface area contributed by atoms with Crippen LogP contribution in [0.2, 0.25) is 12.6 Å². The van der Waals surface area contributed by atoms with Gasteiger partial charge < -0.3 is 0 Å². The van der Waals surface area contributed by atoms with E-state index in [9.17, 15) is 4.39 Å². The minimum Gasteiger partial charge on any atom is -0.271 e. The Morgan fingerprint density at radius 1 is 1.14 bits per heavy atom. The zero-order valence-electron chi connectivity index (χ0n) is 14.6. The SMILES string of the molecule is C=S(=C)(C)NCc1cc(F)cc(B2CC(C)(C)C(C)(C)C2)c1. The Morgan fingerprint density at radius 3 is 2.18 bits per heavy atom. The highest BCUT2D eigenvalue weighted by atomic mass is 32.2. The molecule has 0 spiro atoms. The van der Waals surface area contributed by atoms with Crippen LogP contribution in [0.4, 0.5) is 4.39 Å². The third-order valence-electron chi connectivity index (χ3n) is 5.42. The van der Waals surface area contributed by atoms with Crippen LogP contribution in [0.15, 0.2) is 18.2 Å². The van der Waals surface area contributed by atoms with E-state index >= 15 is 0 Å². The van der Waals surface area contributed by atoms with E-state index in [1.807, 2.05) is 6.26 Å². The van der Waals surface area contributed by atoms with Crippen LogP contribution in [-0.2, 0) is 6.54 Å². The van der Waals surface area contributed by atoms with Crippen LogP contribution in [0.3, 0.4) is 0 Å². The summed E-state index contributed by atoms with van der Waals surface area (Å²) in [6, 6.07) is 5.49. The summed E-state index contributed by atoms with van der Waals surface area (Å²) < 4.78 is 17.3. The van der Waals surface area contributed by atoms with Gasteiger partial charge in [-0.3, -0.25) is 4.72 Å². The van der Waals surface area contributed by atoms with E-state index in [-0.39, 0.29) is 16.6 Å². The summed E-state index contributed by atoms with van der Waals surface area (Å²) in [7, 11) is -1.28. The quantitative estimate of drug-likeness (QED) is 0.655. The molecule has 122 valence electrons. The smallest absolute Gasteiger partial charge is 0.177 e. The largest absolute Gasteiger partial charge is 0.271 e. The van der Waals surface area contributed by atoms with Gasteiger partial charge in [0.2, 0.25) is 0 Å². The molecule has 1 nitrogen and oxygen atoms in total. The van der Waals surface area contributed by atoms with Gasteiger partial charge in [0, 0.05) is 6.54 Å². The van der Waals surface area contributed by atoms with E-state index in [0.717, 1.165) is 23.7 Å². The van der Waals surface area contributed by atoms with Crippen molar-refractivity contribution in [2.75, 3.05) is 6.26 Å². The fourth-order valence-corrected chi connectivity index (χ4v) is 3.88. The lowest BCUT2D eigenvalue weighted by Crippen LogP contribution is -2.29. The molecule has 0 aromatic heterocycles. The molecule has 0 amide bonds. The molecule has 0 aliphatic carbocycles. The van der Waals surface area contributed by atoms with E-state index in [1.165, 1.54) is 0 Å². The van der Waals surface area contributed by atoms with Crippen molar-refractivity contribution in [1.29, 1.82) is 0 Å². The monoisotopic (exact) mass is 321 g/mol. The fourth-order valence-electron chi connectivity index (χ4n) is 3.36.